The number of aromatic hydroxyl groups is 1. The van der Waals surface area contributed by atoms with Crippen LogP contribution in [0.5, 0.6) is 5.75 Å². The predicted octanol–water partition coefficient (Wildman–Crippen LogP) is 3.86. The number of halogens is 3. The molecule has 1 aliphatic heterocycles. The minimum Gasteiger partial charge on any atom is -0.505 e. The highest BCUT2D eigenvalue weighted by atomic mass is 127. The van der Waals surface area contributed by atoms with E-state index in [0.717, 1.165) is 29.5 Å². The molecule has 0 radical (unpaired) electrons. The van der Waals surface area contributed by atoms with Gasteiger partial charge in [0.05, 0.1) is 5.69 Å². The number of para-hydroxylation sites is 1. The number of benzene rings is 2. The molecule has 1 heterocycles. The molecule has 3 N–H and O–H groups in total. The fourth-order valence-corrected chi connectivity index (χ4v) is 3.57. The van der Waals surface area contributed by atoms with Gasteiger partial charge in [0.2, 0.25) is 0 Å². The van der Waals surface area contributed by atoms with Crippen molar-refractivity contribution < 1.29 is 9.50 Å². The van der Waals surface area contributed by atoms with Gasteiger partial charge in [-0.25, -0.2) is 4.39 Å². The fourth-order valence-electron chi connectivity index (χ4n) is 3.04. The number of anilines is 1. The minimum absolute atomic E-state index is 0. The van der Waals surface area contributed by atoms with Crippen molar-refractivity contribution in [3.05, 3.63) is 58.3 Å². The Hall–Kier alpha value is -1.55. The van der Waals surface area contributed by atoms with E-state index in [1.165, 1.54) is 17.8 Å². The first kappa shape index (κ1) is 21.7. The van der Waals surface area contributed by atoms with Crippen LogP contribution in [0.3, 0.4) is 0 Å². The van der Waals surface area contributed by atoms with Gasteiger partial charge in [0, 0.05) is 37.2 Å². The normalized spacial score (nSPS) is 16.8. The molecule has 146 valence electrons. The topological polar surface area (TPSA) is 59.9 Å². The van der Waals surface area contributed by atoms with Crippen LogP contribution in [-0.2, 0) is 6.54 Å². The molecule has 1 atom stereocenters. The molecule has 0 saturated carbocycles. The maximum absolute atomic E-state index is 13.4. The van der Waals surface area contributed by atoms with E-state index in [9.17, 15) is 9.50 Å². The summed E-state index contributed by atoms with van der Waals surface area (Å²) in [6.45, 7) is 2.29. The highest BCUT2D eigenvalue weighted by molar-refractivity contribution is 14.0. The zero-order valence-electron chi connectivity index (χ0n) is 15.0. The molecule has 1 unspecified atom stereocenters. The Morgan fingerprint density at radius 3 is 2.81 bits per heavy atom. The Bertz CT molecular complexity index is 805. The van der Waals surface area contributed by atoms with E-state index in [2.05, 4.69) is 42.5 Å². The average Bonchev–Trinajstić information content (AvgIpc) is 3.10. The zero-order chi connectivity index (χ0) is 18.5. The summed E-state index contributed by atoms with van der Waals surface area (Å²) in [4.78, 5) is 6.58. The van der Waals surface area contributed by atoms with Gasteiger partial charge in [-0.15, -0.1) is 24.0 Å². The van der Waals surface area contributed by atoms with E-state index in [0.29, 0.717) is 12.5 Å². The van der Waals surface area contributed by atoms with Crippen LogP contribution in [0.4, 0.5) is 10.1 Å². The second-order valence-corrected chi connectivity index (χ2v) is 7.09. The van der Waals surface area contributed by atoms with Gasteiger partial charge in [-0.1, -0.05) is 18.2 Å². The van der Waals surface area contributed by atoms with E-state index < -0.39 is 5.82 Å². The molecule has 1 aliphatic rings. The van der Waals surface area contributed by atoms with Gasteiger partial charge in [0.15, 0.2) is 17.5 Å². The summed E-state index contributed by atoms with van der Waals surface area (Å²) in [5, 5.41) is 15.9. The number of phenolic OH excluding ortho intramolecular Hbond substituents is 1. The van der Waals surface area contributed by atoms with Gasteiger partial charge in [-0.3, -0.25) is 4.99 Å². The SMILES string of the molecule is CN=C(NCc1ccc(O)c(F)c1)NC1CCN(c2ccccc2Br)C1.I. The number of hydrogen-bond acceptors (Lipinski definition) is 3. The first-order chi connectivity index (χ1) is 12.6. The largest absolute Gasteiger partial charge is 0.505 e. The van der Waals surface area contributed by atoms with E-state index in [1.54, 1.807) is 13.1 Å². The highest BCUT2D eigenvalue weighted by Crippen LogP contribution is 2.28. The van der Waals surface area contributed by atoms with Crippen LogP contribution >= 0.6 is 39.9 Å². The van der Waals surface area contributed by atoms with Crippen LogP contribution in [0.2, 0.25) is 0 Å². The van der Waals surface area contributed by atoms with Crippen molar-refractivity contribution >= 4 is 51.6 Å². The van der Waals surface area contributed by atoms with Crippen LogP contribution in [-0.4, -0.2) is 37.2 Å². The molecule has 3 rings (SSSR count). The van der Waals surface area contributed by atoms with Crippen LogP contribution in [0, 0.1) is 5.82 Å². The van der Waals surface area contributed by atoms with Crippen LogP contribution in [0.15, 0.2) is 51.9 Å². The van der Waals surface area contributed by atoms with E-state index in [4.69, 9.17) is 0 Å². The van der Waals surface area contributed by atoms with Gasteiger partial charge in [-0.2, -0.15) is 0 Å². The van der Waals surface area contributed by atoms with Gasteiger partial charge < -0.3 is 20.6 Å². The molecule has 0 amide bonds. The number of rotatable bonds is 4. The molecule has 0 bridgehead atoms. The predicted molar refractivity (Wildman–Crippen MR) is 122 cm³/mol. The number of nitrogens with zero attached hydrogens (tertiary/aromatic N) is 2. The molecule has 27 heavy (non-hydrogen) atoms. The molecule has 2 aromatic carbocycles. The van der Waals surface area contributed by atoms with Crippen LogP contribution in [0.1, 0.15) is 12.0 Å². The number of guanidine groups is 1. The Morgan fingerprint density at radius 2 is 2.11 bits per heavy atom. The maximum atomic E-state index is 13.4. The second-order valence-electron chi connectivity index (χ2n) is 6.24. The maximum Gasteiger partial charge on any atom is 0.191 e. The molecule has 0 aliphatic carbocycles. The van der Waals surface area contributed by atoms with E-state index in [1.807, 2.05) is 18.2 Å². The number of phenols is 1. The van der Waals surface area contributed by atoms with Crippen molar-refractivity contribution in [1.29, 1.82) is 0 Å². The van der Waals surface area contributed by atoms with Gasteiger partial charge in [-0.05, 0) is 52.2 Å². The van der Waals surface area contributed by atoms with Crippen molar-refractivity contribution in [3.63, 3.8) is 0 Å². The molecule has 5 nitrogen and oxygen atoms in total. The molecule has 8 heteroatoms. The Balaban J connectivity index is 0.00000261. The Morgan fingerprint density at radius 1 is 1.33 bits per heavy atom. The second kappa shape index (κ2) is 10.1. The summed E-state index contributed by atoms with van der Waals surface area (Å²) >= 11 is 3.61. The summed E-state index contributed by atoms with van der Waals surface area (Å²) in [5.74, 6) is -0.279. The quantitative estimate of drug-likeness (QED) is 0.308. The lowest BCUT2D eigenvalue weighted by atomic mass is 10.2. The van der Waals surface area contributed by atoms with Crippen molar-refractivity contribution in [1.82, 2.24) is 10.6 Å². The fraction of sp³-hybridized carbons (Fsp3) is 0.316. The lowest BCUT2D eigenvalue weighted by molar-refractivity contribution is 0.431. The highest BCUT2D eigenvalue weighted by Gasteiger charge is 2.24. The summed E-state index contributed by atoms with van der Waals surface area (Å²) in [6, 6.07) is 12.9. The molecule has 2 aromatic rings. The summed E-state index contributed by atoms with van der Waals surface area (Å²) in [6.07, 6.45) is 1.01. The first-order valence-corrected chi connectivity index (χ1v) is 9.30. The standard InChI is InChI=1S/C19H22BrFN4O.HI/c1-22-19(23-11-13-6-7-18(26)16(21)10-13)24-14-8-9-25(12-14)17-5-3-2-4-15(17)20;/h2-7,10,14,26H,8-9,11-12H2,1H3,(H2,22,23,24);1H. The van der Waals surface area contributed by atoms with E-state index >= 15 is 0 Å². The lowest BCUT2D eigenvalue weighted by Crippen LogP contribution is -2.44. The third-order valence-corrected chi connectivity index (χ3v) is 5.09. The molecule has 0 aromatic heterocycles. The third kappa shape index (κ3) is 5.71. The van der Waals surface area contributed by atoms with E-state index in [-0.39, 0.29) is 35.8 Å². The monoisotopic (exact) mass is 548 g/mol. The summed E-state index contributed by atoms with van der Waals surface area (Å²) < 4.78 is 14.5. The molecule has 0 spiro atoms. The van der Waals surface area contributed by atoms with Crippen molar-refractivity contribution in [2.75, 3.05) is 25.0 Å². The number of nitrogens with one attached hydrogen (secondary N) is 2. The Kier molecular flexibility index (Phi) is 8.15. The number of aliphatic imine (C=N–C) groups is 1. The summed E-state index contributed by atoms with van der Waals surface area (Å²) in [5.41, 5.74) is 1.93. The van der Waals surface area contributed by atoms with Crippen LogP contribution in [0.25, 0.3) is 0 Å². The minimum atomic E-state index is -0.618. The molecule has 1 fully saturated rings. The third-order valence-electron chi connectivity index (χ3n) is 4.42. The average molecular weight is 549 g/mol. The van der Waals surface area contributed by atoms with Crippen molar-refractivity contribution in [2.45, 2.75) is 19.0 Å². The summed E-state index contributed by atoms with van der Waals surface area (Å²) in [7, 11) is 1.72. The van der Waals surface area contributed by atoms with Crippen molar-refractivity contribution in [2.24, 2.45) is 4.99 Å². The first-order valence-electron chi connectivity index (χ1n) is 8.51. The number of hydrogen-bond donors (Lipinski definition) is 3. The lowest BCUT2D eigenvalue weighted by Gasteiger charge is -2.21. The van der Waals surface area contributed by atoms with Crippen LogP contribution < -0.4 is 15.5 Å². The smallest absolute Gasteiger partial charge is 0.191 e. The Labute approximate surface area is 184 Å². The zero-order valence-corrected chi connectivity index (χ0v) is 18.9. The van der Waals surface area contributed by atoms with Gasteiger partial charge in [0.25, 0.3) is 0 Å². The molecule has 1 saturated heterocycles. The van der Waals surface area contributed by atoms with Crippen molar-refractivity contribution in [3.8, 4) is 5.75 Å². The molecular weight excluding hydrogens is 526 g/mol. The molecular formula is C19H23BrFIN4O. The van der Waals surface area contributed by atoms with Gasteiger partial charge in [0.1, 0.15) is 0 Å². The van der Waals surface area contributed by atoms with Gasteiger partial charge >= 0.3 is 0 Å².